The summed E-state index contributed by atoms with van der Waals surface area (Å²) in [4.78, 5) is 20.9. The van der Waals surface area contributed by atoms with Crippen molar-refractivity contribution >= 4 is 34.7 Å². The Morgan fingerprint density at radius 2 is 2.33 bits per heavy atom. The average Bonchev–Trinajstić information content (AvgIpc) is 2.75. The number of nitrogen functional groups attached to an aromatic ring is 1. The maximum Gasteiger partial charge on any atom is 0.271 e. The smallest absolute Gasteiger partial charge is 0.271 e. The van der Waals surface area contributed by atoms with E-state index < -0.39 is 0 Å². The first-order valence-corrected chi connectivity index (χ1v) is 6.43. The van der Waals surface area contributed by atoms with Crippen LogP contribution >= 0.6 is 22.9 Å². The Kier molecular flexibility index (Phi) is 3.78. The number of nitrogens with zero attached hydrogens (tertiary/aromatic N) is 2. The molecule has 0 saturated heterocycles. The van der Waals surface area contributed by atoms with Crippen LogP contribution < -0.4 is 11.1 Å². The van der Waals surface area contributed by atoms with Gasteiger partial charge in [-0.3, -0.25) is 4.79 Å². The summed E-state index contributed by atoms with van der Waals surface area (Å²) >= 11 is 7.38. The van der Waals surface area contributed by atoms with Crippen molar-refractivity contribution in [3.8, 4) is 0 Å². The maximum absolute atomic E-state index is 11.9. The second kappa shape index (κ2) is 5.32. The SMILES string of the molecule is Cc1ncsc1CNC(=O)c1nc(N)ccc1Cl. The van der Waals surface area contributed by atoms with Gasteiger partial charge in [-0.1, -0.05) is 11.6 Å². The van der Waals surface area contributed by atoms with Crippen LogP contribution in [-0.2, 0) is 6.54 Å². The van der Waals surface area contributed by atoms with Crippen molar-refractivity contribution in [3.63, 3.8) is 0 Å². The molecule has 2 aromatic heterocycles. The molecule has 0 bridgehead atoms. The zero-order valence-corrected chi connectivity index (χ0v) is 11.2. The average molecular weight is 283 g/mol. The molecule has 94 valence electrons. The zero-order chi connectivity index (χ0) is 13.1. The highest BCUT2D eigenvalue weighted by molar-refractivity contribution is 7.09. The highest BCUT2D eigenvalue weighted by Crippen LogP contribution is 2.16. The van der Waals surface area contributed by atoms with E-state index in [1.165, 1.54) is 11.3 Å². The number of hydrogen-bond acceptors (Lipinski definition) is 5. The van der Waals surface area contributed by atoms with E-state index in [0.717, 1.165) is 10.6 Å². The normalized spacial score (nSPS) is 10.3. The van der Waals surface area contributed by atoms with Gasteiger partial charge in [-0.25, -0.2) is 9.97 Å². The second-order valence-electron chi connectivity index (χ2n) is 3.61. The first kappa shape index (κ1) is 12.8. The van der Waals surface area contributed by atoms with Crippen molar-refractivity contribution in [1.29, 1.82) is 0 Å². The largest absolute Gasteiger partial charge is 0.384 e. The molecular formula is C11H11ClN4OS. The van der Waals surface area contributed by atoms with E-state index in [-0.39, 0.29) is 22.4 Å². The number of nitrogens with two attached hydrogens (primary N) is 1. The molecule has 0 saturated carbocycles. The summed E-state index contributed by atoms with van der Waals surface area (Å²) < 4.78 is 0. The van der Waals surface area contributed by atoms with E-state index in [4.69, 9.17) is 17.3 Å². The molecule has 0 atom stereocenters. The molecular weight excluding hydrogens is 272 g/mol. The van der Waals surface area contributed by atoms with Crippen molar-refractivity contribution in [1.82, 2.24) is 15.3 Å². The van der Waals surface area contributed by atoms with Gasteiger partial charge in [0.2, 0.25) is 0 Å². The Balaban J connectivity index is 2.08. The van der Waals surface area contributed by atoms with Crippen LogP contribution in [0.4, 0.5) is 5.82 Å². The number of hydrogen-bond donors (Lipinski definition) is 2. The van der Waals surface area contributed by atoms with Crippen LogP contribution in [0, 0.1) is 6.92 Å². The van der Waals surface area contributed by atoms with Crippen molar-refractivity contribution in [2.45, 2.75) is 13.5 Å². The molecule has 0 spiro atoms. The number of carbonyl (C=O) groups excluding carboxylic acids is 1. The predicted molar refractivity (Wildman–Crippen MR) is 71.7 cm³/mol. The highest BCUT2D eigenvalue weighted by atomic mass is 35.5. The molecule has 0 aliphatic heterocycles. The van der Waals surface area contributed by atoms with Crippen LogP contribution in [0.25, 0.3) is 0 Å². The van der Waals surface area contributed by atoms with Crippen LogP contribution in [0.2, 0.25) is 5.02 Å². The summed E-state index contributed by atoms with van der Waals surface area (Å²) in [5.74, 6) is -0.0846. The van der Waals surface area contributed by atoms with Crippen molar-refractivity contribution in [2.75, 3.05) is 5.73 Å². The molecule has 2 heterocycles. The minimum Gasteiger partial charge on any atom is -0.384 e. The van der Waals surface area contributed by atoms with Crippen LogP contribution in [-0.4, -0.2) is 15.9 Å². The van der Waals surface area contributed by atoms with Gasteiger partial charge in [-0.15, -0.1) is 11.3 Å². The fourth-order valence-electron chi connectivity index (χ4n) is 1.36. The molecule has 0 aliphatic carbocycles. The van der Waals surface area contributed by atoms with Gasteiger partial charge in [0.15, 0.2) is 0 Å². The lowest BCUT2D eigenvalue weighted by molar-refractivity contribution is 0.0946. The topological polar surface area (TPSA) is 80.9 Å². The standard InChI is InChI=1S/C11H11ClN4OS/c1-6-8(18-5-15-6)4-14-11(17)10-7(12)2-3-9(13)16-10/h2-3,5H,4H2,1H3,(H2,13,16)(H,14,17). The van der Waals surface area contributed by atoms with E-state index in [2.05, 4.69) is 15.3 Å². The van der Waals surface area contributed by atoms with Gasteiger partial charge in [0.05, 0.1) is 22.8 Å². The summed E-state index contributed by atoms with van der Waals surface area (Å²) in [6.45, 7) is 2.30. The number of nitrogens with one attached hydrogen (secondary N) is 1. The Morgan fingerprint density at radius 1 is 1.56 bits per heavy atom. The number of halogens is 1. The van der Waals surface area contributed by atoms with Gasteiger partial charge in [-0.2, -0.15) is 0 Å². The summed E-state index contributed by atoms with van der Waals surface area (Å²) in [6.07, 6.45) is 0. The highest BCUT2D eigenvalue weighted by Gasteiger charge is 2.13. The lowest BCUT2D eigenvalue weighted by Crippen LogP contribution is -2.24. The number of pyridine rings is 1. The summed E-state index contributed by atoms with van der Waals surface area (Å²) in [5, 5.41) is 3.02. The van der Waals surface area contributed by atoms with Crippen LogP contribution in [0.3, 0.4) is 0 Å². The fourth-order valence-corrected chi connectivity index (χ4v) is 2.26. The Morgan fingerprint density at radius 3 is 3.00 bits per heavy atom. The number of anilines is 1. The molecule has 1 amide bonds. The summed E-state index contributed by atoms with van der Waals surface area (Å²) in [5.41, 5.74) is 8.31. The van der Waals surface area contributed by atoms with E-state index in [9.17, 15) is 4.79 Å². The molecule has 0 aromatic carbocycles. The minimum atomic E-state index is -0.347. The lowest BCUT2D eigenvalue weighted by Gasteiger charge is -2.05. The molecule has 0 radical (unpaired) electrons. The zero-order valence-electron chi connectivity index (χ0n) is 9.61. The molecule has 3 N–H and O–H groups in total. The monoisotopic (exact) mass is 282 g/mol. The third-order valence-corrected chi connectivity index (χ3v) is 3.58. The second-order valence-corrected chi connectivity index (χ2v) is 4.96. The van der Waals surface area contributed by atoms with E-state index in [1.54, 1.807) is 17.6 Å². The number of aryl methyl sites for hydroxylation is 1. The number of amides is 1. The quantitative estimate of drug-likeness (QED) is 0.902. The fraction of sp³-hybridized carbons (Fsp3) is 0.182. The van der Waals surface area contributed by atoms with E-state index in [1.807, 2.05) is 6.92 Å². The van der Waals surface area contributed by atoms with Gasteiger partial charge < -0.3 is 11.1 Å². The van der Waals surface area contributed by atoms with Gasteiger partial charge >= 0.3 is 0 Å². The molecule has 0 aliphatic rings. The first-order valence-electron chi connectivity index (χ1n) is 5.17. The van der Waals surface area contributed by atoms with Gasteiger partial charge in [0.25, 0.3) is 5.91 Å². The van der Waals surface area contributed by atoms with Crippen LogP contribution in [0.1, 0.15) is 21.1 Å². The third-order valence-electron chi connectivity index (χ3n) is 2.34. The van der Waals surface area contributed by atoms with Crippen molar-refractivity contribution < 1.29 is 4.79 Å². The van der Waals surface area contributed by atoms with Crippen LogP contribution in [0.5, 0.6) is 0 Å². The van der Waals surface area contributed by atoms with Crippen LogP contribution in [0.15, 0.2) is 17.6 Å². The molecule has 2 aromatic rings. The van der Waals surface area contributed by atoms with E-state index in [0.29, 0.717) is 6.54 Å². The van der Waals surface area contributed by atoms with Gasteiger partial charge in [0.1, 0.15) is 11.5 Å². The first-order chi connectivity index (χ1) is 8.58. The lowest BCUT2D eigenvalue weighted by atomic mass is 10.3. The van der Waals surface area contributed by atoms with Gasteiger partial charge in [0, 0.05) is 4.88 Å². The van der Waals surface area contributed by atoms with E-state index >= 15 is 0 Å². The molecule has 5 nitrogen and oxygen atoms in total. The molecule has 0 unspecified atom stereocenters. The Bertz CT molecular complexity index is 584. The predicted octanol–water partition coefficient (Wildman–Crippen LogP) is 2.01. The molecule has 7 heteroatoms. The summed E-state index contributed by atoms with van der Waals surface area (Å²) in [7, 11) is 0. The number of carbonyl (C=O) groups is 1. The number of thiazole rings is 1. The maximum atomic E-state index is 11.9. The summed E-state index contributed by atoms with van der Waals surface area (Å²) in [6, 6.07) is 3.10. The Labute approximate surface area is 113 Å². The Hall–Kier alpha value is -1.66. The molecule has 18 heavy (non-hydrogen) atoms. The number of aromatic nitrogens is 2. The number of rotatable bonds is 3. The van der Waals surface area contributed by atoms with Crippen molar-refractivity contribution in [2.24, 2.45) is 0 Å². The van der Waals surface area contributed by atoms with Gasteiger partial charge in [-0.05, 0) is 19.1 Å². The third kappa shape index (κ3) is 2.77. The molecule has 0 fully saturated rings. The minimum absolute atomic E-state index is 0.138. The molecule has 2 rings (SSSR count). The van der Waals surface area contributed by atoms with Crippen molar-refractivity contribution in [3.05, 3.63) is 38.9 Å².